The van der Waals surface area contributed by atoms with Gasteiger partial charge in [-0.15, -0.1) is 0 Å². The summed E-state index contributed by atoms with van der Waals surface area (Å²) in [6, 6.07) is 0. The molecule has 0 saturated heterocycles. The van der Waals surface area contributed by atoms with Gasteiger partial charge in [-0.05, 0) is 0 Å². The molecular weight excluding hydrogens is 17200 g/mol. The van der Waals surface area contributed by atoms with E-state index in [2.05, 4.69) is 0 Å². The summed E-state index contributed by atoms with van der Waals surface area (Å²) in [5.74, 6) is 0. The van der Waals surface area contributed by atoms with Crippen LogP contribution in [0.2, 0.25) is 0 Å². The van der Waals surface area contributed by atoms with Crippen molar-refractivity contribution in [3.8, 4) is 0 Å². The molecular formula is Tb108. The zero-order valence-corrected chi connectivity index (χ0v) is 267. The maximum atomic E-state index is 0. The summed E-state index contributed by atoms with van der Waals surface area (Å²) in [5.41, 5.74) is 0. The summed E-state index contributed by atoms with van der Waals surface area (Å²) in [4.78, 5) is 0. The van der Waals surface area contributed by atoms with Crippen molar-refractivity contribution < 1.29 is 4170 Å². The van der Waals surface area contributed by atoms with Crippen molar-refractivity contribution in [3.05, 3.63) is 0 Å². The maximum Gasteiger partial charge on any atom is 0 e. The molecule has 0 saturated carbocycles. The zero-order chi connectivity index (χ0) is 0. The predicted molar refractivity (Wildman–Crippen MR) is 0 cm³/mol. The minimum absolute atomic E-state index is 0. The fourth-order valence-corrected chi connectivity index (χ4v) is 0. The van der Waals surface area contributed by atoms with Gasteiger partial charge in [0.1, 0.15) is 0 Å². The molecule has 0 aliphatic heterocycles. The third kappa shape index (κ3) is 755. The van der Waals surface area contributed by atoms with Gasteiger partial charge in [0.25, 0.3) is 0 Å². The Morgan fingerprint density at radius 3 is 0.00926 bits per heavy atom. The van der Waals surface area contributed by atoms with Gasteiger partial charge in [0.15, 0.2) is 0 Å². The molecule has 972 valence electrons. The molecule has 108 radical (unpaired) electrons. The van der Waals surface area contributed by atoms with Crippen LogP contribution in [-0.4, -0.2) is 0 Å². The van der Waals surface area contributed by atoms with Crippen LogP contribution in [0, 0.1) is 4170 Å². The van der Waals surface area contributed by atoms with Crippen molar-refractivity contribution in [2.24, 2.45) is 0 Å². The van der Waals surface area contributed by atoms with Gasteiger partial charge in [-0.3, -0.25) is 0 Å². The molecule has 0 unspecified atom stereocenters. The average Bonchev–Trinajstić information content (AvgIpc) is 0. The van der Waals surface area contributed by atoms with Crippen molar-refractivity contribution in [2.75, 3.05) is 0 Å². The van der Waals surface area contributed by atoms with Crippen LogP contribution in [0.4, 0.5) is 0 Å². The Hall–Kier alpha value is 139. The van der Waals surface area contributed by atoms with E-state index in [0.29, 0.717) is 0 Å². The van der Waals surface area contributed by atoms with Gasteiger partial charge >= 0.3 is 0 Å². The van der Waals surface area contributed by atoms with Crippen LogP contribution >= 0.6 is 0 Å². The van der Waals surface area contributed by atoms with Gasteiger partial charge in [0, 0.05) is 4170 Å². The molecule has 0 N–H and O–H groups in total. The van der Waals surface area contributed by atoms with Crippen molar-refractivity contribution in [1.29, 1.82) is 0 Å². The molecule has 0 rings (SSSR count). The summed E-state index contributed by atoms with van der Waals surface area (Å²) in [5, 5.41) is 0. The SMILES string of the molecule is [Tb].[Tb].[Tb].[Tb].[Tb].[Tb].[Tb].[Tb].[Tb].[Tb].[Tb].[Tb].[Tb].[Tb].[Tb].[Tb].[Tb].[Tb].[Tb].[Tb].[Tb].[Tb].[Tb].[Tb].[Tb].[Tb].[Tb].[Tb].[Tb].[Tb].[Tb].[Tb].[Tb].[Tb].[Tb].[Tb].[Tb].[Tb].[Tb].[Tb].[Tb].[Tb].[Tb].[Tb].[Tb].[Tb].[Tb].[Tb].[Tb].[Tb].[Tb].[Tb].[Tb].[Tb].[Tb].[Tb].[Tb].[Tb].[Tb].[Tb].[Tb].[Tb].[Tb].[Tb].[Tb].[Tb].[Tb].[Tb].[Tb].[Tb].[Tb].[Tb].[Tb].[Tb].[Tb].[Tb].[Tb].[Tb].[Tb].[Tb].[Tb].[Tb].[Tb].[Tb].[Tb].[Tb].[Tb].[Tb].[Tb].[Tb].[Tb].[Tb].[Tb].[Tb].[Tb].[Tb].[Tb].[Tb].[Tb].[Tb].[Tb].[Tb].[Tb].[Tb].[Tb].[Tb].[Tb].[Tb]. The minimum atomic E-state index is 0. The Morgan fingerprint density at radius 1 is 0.00926 bits per heavy atom. The molecule has 0 aromatic carbocycles. The van der Waals surface area contributed by atoms with E-state index in [9.17, 15) is 0 Å². The van der Waals surface area contributed by atoms with Crippen LogP contribution in [0.15, 0.2) is 0 Å². The molecule has 0 aromatic rings. The van der Waals surface area contributed by atoms with E-state index in [4.69, 9.17) is 0 Å². The molecule has 108 heteroatoms. The molecule has 0 atom stereocenters. The Kier molecular flexibility index (Phi) is 5480. The van der Waals surface area contributed by atoms with E-state index in [1.54, 1.807) is 0 Å². The second kappa shape index (κ2) is 764. The Balaban J connectivity index is 0. The van der Waals surface area contributed by atoms with E-state index < -0.39 is 0 Å². The molecule has 108 heavy (non-hydrogen) atoms. The van der Waals surface area contributed by atoms with Gasteiger partial charge in [-0.2, -0.15) is 0 Å². The van der Waals surface area contributed by atoms with E-state index in [-0.39, 0.29) is 4170 Å². The Morgan fingerprint density at radius 2 is 0.00926 bits per heavy atom. The third-order valence-corrected chi connectivity index (χ3v) is 0. The van der Waals surface area contributed by atoms with Gasteiger partial charge < -0.3 is 0 Å². The molecule has 0 fully saturated rings. The number of hydrogen-bond donors (Lipinski definition) is 0. The summed E-state index contributed by atoms with van der Waals surface area (Å²) in [6.07, 6.45) is 0. The van der Waals surface area contributed by atoms with E-state index >= 15 is 0 Å². The third-order valence-electron chi connectivity index (χ3n) is 0. The summed E-state index contributed by atoms with van der Waals surface area (Å²) in [7, 11) is 0. The summed E-state index contributed by atoms with van der Waals surface area (Å²) in [6.45, 7) is 0. The van der Waals surface area contributed by atoms with Crippen LogP contribution in [-0.2, 0) is 0 Å². The van der Waals surface area contributed by atoms with Crippen LogP contribution in [0.25, 0.3) is 0 Å². The molecule has 0 amide bonds. The van der Waals surface area contributed by atoms with Crippen LogP contribution < -0.4 is 0 Å². The quantitative estimate of drug-likeness (QED) is 0.321. The standard InChI is InChI=1S/108Tb. The van der Waals surface area contributed by atoms with Gasteiger partial charge in [0.05, 0.1) is 0 Å². The predicted octanol–water partition coefficient (Wildman–Crippen LogP) is 0. The van der Waals surface area contributed by atoms with Gasteiger partial charge in [0.2, 0.25) is 0 Å². The topological polar surface area (TPSA) is 0 Å². The molecule has 0 spiro atoms. The number of rotatable bonds is 0. The second-order valence-corrected chi connectivity index (χ2v) is 0. The number of hydrogen-bond acceptors (Lipinski definition) is 0. The molecule has 0 aliphatic carbocycles. The fourth-order valence-electron chi connectivity index (χ4n) is 0. The second-order valence-electron chi connectivity index (χ2n) is 0. The summed E-state index contributed by atoms with van der Waals surface area (Å²) >= 11 is 0. The van der Waals surface area contributed by atoms with E-state index in [1.165, 1.54) is 0 Å². The molecule has 0 heterocycles. The first-order valence-corrected chi connectivity index (χ1v) is 0. The van der Waals surface area contributed by atoms with Gasteiger partial charge in [-0.25, -0.2) is 0 Å². The van der Waals surface area contributed by atoms with Crippen LogP contribution in [0.5, 0.6) is 0 Å². The average molecular weight is 17200 g/mol. The first-order chi connectivity index (χ1) is 0. The Labute approximate surface area is 3990 Å². The van der Waals surface area contributed by atoms with Crippen molar-refractivity contribution in [3.63, 3.8) is 0 Å². The summed E-state index contributed by atoms with van der Waals surface area (Å²) < 4.78 is 0. The normalized spacial score (nSPS) is 0. The first kappa shape index (κ1) is 774. The van der Waals surface area contributed by atoms with Crippen LogP contribution in [0.1, 0.15) is 0 Å². The van der Waals surface area contributed by atoms with Crippen LogP contribution in [0.3, 0.4) is 0 Å². The van der Waals surface area contributed by atoms with Gasteiger partial charge in [-0.1, -0.05) is 0 Å². The van der Waals surface area contributed by atoms with E-state index in [1.807, 2.05) is 0 Å². The first-order valence-electron chi connectivity index (χ1n) is 0. The molecule has 0 nitrogen and oxygen atoms in total. The van der Waals surface area contributed by atoms with Crippen molar-refractivity contribution in [1.82, 2.24) is 0 Å². The Bertz CT molecular complexity index is 0. The monoisotopic (exact) mass is 17200 g/mol. The van der Waals surface area contributed by atoms with Crippen molar-refractivity contribution in [2.45, 2.75) is 0 Å². The van der Waals surface area contributed by atoms with E-state index in [0.717, 1.165) is 0 Å². The maximum absolute atomic E-state index is 0. The van der Waals surface area contributed by atoms with Crippen molar-refractivity contribution >= 4 is 0 Å². The largest absolute Gasteiger partial charge is 0 e. The molecule has 0 aliphatic rings. The molecule has 0 bridgehead atoms. The smallest absolute Gasteiger partial charge is 0 e. The fraction of sp³-hybridized carbons (Fsp3) is 0. The minimum Gasteiger partial charge on any atom is 0 e. The molecule has 0 aromatic heterocycles. The zero-order valence-electron chi connectivity index (χ0n) is 36.0.